The lowest BCUT2D eigenvalue weighted by Gasteiger charge is -2.41. The zero-order valence-corrected chi connectivity index (χ0v) is 29.2. The van der Waals surface area contributed by atoms with Crippen LogP contribution in [-0.2, 0) is 13.0 Å². The molecule has 7 heteroatoms. The third-order valence-corrected chi connectivity index (χ3v) is 11.3. The molecular weight excluding hydrogens is 587 g/mol. The first-order chi connectivity index (χ1) is 22.5. The summed E-state index contributed by atoms with van der Waals surface area (Å²) in [4.78, 5) is 17.0. The average Bonchev–Trinajstić information content (AvgIpc) is 3.76. The lowest BCUT2D eigenvalue weighted by atomic mass is 9.74. The third kappa shape index (κ3) is 7.76. The second-order valence-corrected chi connectivity index (χ2v) is 14.5. The van der Waals surface area contributed by atoms with Gasteiger partial charge in [0.15, 0.2) is 0 Å². The van der Waals surface area contributed by atoms with Crippen molar-refractivity contribution in [3.63, 3.8) is 0 Å². The minimum Gasteiger partial charge on any atom is -0.423 e. The van der Waals surface area contributed by atoms with Gasteiger partial charge >= 0.3 is 0 Å². The quantitative estimate of drug-likeness (QED) is 0.147. The number of nitrogens with zero attached hydrogens (tertiary/aromatic N) is 5. The van der Waals surface area contributed by atoms with Gasteiger partial charge in [-0.15, -0.1) is 11.3 Å². The Morgan fingerprint density at radius 1 is 0.783 bits per heavy atom. The van der Waals surface area contributed by atoms with Crippen LogP contribution in [0.4, 0.5) is 5.88 Å². The van der Waals surface area contributed by atoms with Gasteiger partial charge in [-0.1, -0.05) is 80.6 Å². The number of aromatic nitrogens is 1. The van der Waals surface area contributed by atoms with Gasteiger partial charge in [-0.2, -0.15) is 0 Å². The fraction of sp³-hybridized carbons (Fsp3) is 0.513. The summed E-state index contributed by atoms with van der Waals surface area (Å²) in [6, 6.07) is 26.9. The Labute approximate surface area is 281 Å². The number of thiophene rings is 1. The molecule has 1 aliphatic carbocycles. The Kier molecular flexibility index (Phi) is 11.3. The van der Waals surface area contributed by atoms with Crippen molar-refractivity contribution in [3.05, 3.63) is 106 Å². The van der Waals surface area contributed by atoms with Gasteiger partial charge < -0.3 is 14.2 Å². The number of hydrogen-bond donors (Lipinski definition) is 0. The highest BCUT2D eigenvalue weighted by molar-refractivity contribution is 7.10. The van der Waals surface area contributed by atoms with Gasteiger partial charge in [-0.3, -0.25) is 9.80 Å². The van der Waals surface area contributed by atoms with E-state index in [1.165, 1.54) is 41.7 Å². The summed E-state index contributed by atoms with van der Waals surface area (Å²) in [5.74, 6) is 3.15. The number of anilines is 1. The van der Waals surface area contributed by atoms with Crippen LogP contribution < -0.4 is 4.90 Å². The molecule has 46 heavy (non-hydrogen) atoms. The van der Waals surface area contributed by atoms with E-state index in [4.69, 9.17) is 9.40 Å². The number of piperazine rings is 1. The summed E-state index contributed by atoms with van der Waals surface area (Å²) >= 11 is 1.91. The first-order valence-corrected chi connectivity index (χ1v) is 18.4. The van der Waals surface area contributed by atoms with E-state index in [9.17, 15) is 0 Å². The highest BCUT2D eigenvalue weighted by atomic mass is 32.1. The van der Waals surface area contributed by atoms with Crippen LogP contribution in [-0.4, -0.2) is 73.0 Å². The molecule has 6 rings (SSSR count). The van der Waals surface area contributed by atoms with Crippen molar-refractivity contribution < 1.29 is 4.42 Å². The molecule has 2 atom stereocenters. The largest absolute Gasteiger partial charge is 0.423 e. The van der Waals surface area contributed by atoms with Crippen molar-refractivity contribution in [1.29, 1.82) is 0 Å². The molecule has 0 bridgehead atoms. The maximum atomic E-state index is 7.00. The van der Waals surface area contributed by atoms with Crippen LogP contribution in [0.3, 0.4) is 0 Å². The predicted octanol–water partition coefficient (Wildman–Crippen LogP) is 8.14. The van der Waals surface area contributed by atoms with Gasteiger partial charge in [-0.05, 0) is 87.3 Å². The van der Waals surface area contributed by atoms with Crippen LogP contribution in [0.2, 0.25) is 0 Å². The normalized spacial score (nSPS) is 20.8. The topological polar surface area (TPSA) is 39.0 Å². The molecule has 246 valence electrons. The van der Waals surface area contributed by atoms with Crippen molar-refractivity contribution in [3.8, 4) is 0 Å². The molecule has 2 unspecified atom stereocenters. The zero-order chi connectivity index (χ0) is 31.9. The van der Waals surface area contributed by atoms with Crippen molar-refractivity contribution in [2.75, 3.05) is 58.3 Å². The minimum absolute atomic E-state index is 0.207. The van der Waals surface area contributed by atoms with Crippen molar-refractivity contribution in [1.82, 2.24) is 19.7 Å². The molecule has 0 N–H and O–H groups in total. The summed E-state index contributed by atoms with van der Waals surface area (Å²) in [7, 11) is 4.50. The first kappa shape index (κ1) is 33.0. The molecule has 0 radical (unpaired) electrons. The molecule has 4 aromatic rings. The zero-order valence-electron chi connectivity index (χ0n) is 28.4. The van der Waals surface area contributed by atoms with Crippen molar-refractivity contribution in [2.45, 2.75) is 64.6 Å². The summed E-state index contributed by atoms with van der Waals surface area (Å²) in [6.07, 6.45) is 5.72. The highest BCUT2D eigenvalue weighted by Crippen LogP contribution is 2.46. The van der Waals surface area contributed by atoms with Crippen LogP contribution in [0.25, 0.3) is 0 Å². The maximum absolute atomic E-state index is 7.00. The molecule has 2 fully saturated rings. The van der Waals surface area contributed by atoms with E-state index >= 15 is 0 Å². The number of rotatable bonds is 13. The van der Waals surface area contributed by atoms with Gasteiger partial charge in [-0.25, -0.2) is 4.98 Å². The number of benzene rings is 2. The van der Waals surface area contributed by atoms with Gasteiger partial charge in [0.1, 0.15) is 5.69 Å². The standard InChI is InChI=1S/C39H53N5OS/c1-5-43(6-2)37(33-21-19-32(20-22-33)36(41(3)4)35-18-13-27-46-35)38-40-34(28-30-14-9-7-10-15-30)39(45-38)44-25-23-42(24-26-44)29-31-16-11-8-12-17-31/h7-18,27,32-33,36-37H,5-6,19-26,28-29H2,1-4H3. The fourth-order valence-electron chi connectivity index (χ4n) is 8.01. The van der Waals surface area contributed by atoms with Crippen LogP contribution in [0.5, 0.6) is 0 Å². The van der Waals surface area contributed by atoms with Gasteiger partial charge in [0.2, 0.25) is 11.8 Å². The SMILES string of the molecule is CCN(CC)C(c1nc(Cc2ccccc2)c(N2CCN(Cc3ccccc3)CC2)o1)C1CCC(C(c2cccs2)N(C)C)CC1. The van der Waals surface area contributed by atoms with E-state index in [1.54, 1.807) is 0 Å². The first-order valence-electron chi connectivity index (χ1n) is 17.5. The summed E-state index contributed by atoms with van der Waals surface area (Å²) < 4.78 is 7.00. The summed E-state index contributed by atoms with van der Waals surface area (Å²) in [6.45, 7) is 11.6. The van der Waals surface area contributed by atoms with E-state index in [-0.39, 0.29) is 6.04 Å². The second kappa shape index (κ2) is 15.7. The van der Waals surface area contributed by atoms with Gasteiger partial charge in [0.25, 0.3) is 0 Å². The summed E-state index contributed by atoms with van der Waals surface area (Å²) in [5, 5.41) is 2.23. The monoisotopic (exact) mass is 639 g/mol. The van der Waals surface area contributed by atoms with E-state index < -0.39 is 0 Å². The molecule has 2 aromatic heterocycles. The molecule has 1 saturated carbocycles. The minimum atomic E-state index is 0.207. The second-order valence-electron chi connectivity index (χ2n) is 13.5. The molecule has 6 nitrogen and oxygen atoms in total. The molecule has 0 spiro atoms. The Morgan fingerprint density at radius 2 is 1.39 bits per heavy atom. The van der Waals surface area contributed by atoms with E-state index in [0.717, 1.165) is 69.7 Å². The molecule has 0 amide bonds. The molecule has 3 heterocycles. The van der Waals surface area contributed by atoms with E-state index in [1.807, 2.05) is 11.3 Å². The summed E-state index contributed by atoms with van der Waals surface area (Å²) in [5.41, 5.74) is 3.76. The maximum Gasteiger partial charge on any atom is 0.220 e. The molecular formula is C39H53N5OS. The van der Waals surface area contributed by atoms with E-state index in [2.05, 4.69) is 126 Å². The lowest BCUT2D eigenvalue weighted by Crippen LogP contribution is -2.46. The molecule has 2 aromatic carbocycles. The van der Waals surface area contributed by atoms with Crippen LogP contribution in [0, 0.1) is 11.8 Å². The fourth-order valence-corrected chi connectivity index (χ4v) is 9.02. The van der Waals surface area contributed by atoms with Crippen LogP contribution in [0.15, 0.2) is 82.6 Å². The lowest BCUT2D eigenvalue weighted by molar-refractivity contribution is 0.0744. The van der Waals surface area contributed by atoms with Crippen LogP contribution in [0.1, 0.15) is 79.2 Å². The Morgan fingerprint density at radius 3 is 1.96 bits per heavy atom. The number of hydrogen-bond acceptors (Lipinski definition) is 7. The van der Waals surface area contributed by atoms with Gasteiger partial charge in [0, 0.05) is 50.1 Å². The van der Waals surface area contributed by atoms with Crippen molar-refractivity contribution >= 4 is 17.2 Å². The molecule has 1 aliphatic heterocycles. The number of oxazole rings is 1. The predicted molar refractivity (Wildman–Crippen MR) is 192 cm³/mol. The van der Waals surface area contributed by atoms with E-state index in [0.29, 0.717) is 17.9 Å². The molecule has 1 saturated heterocycles. The van der Waals surface area contributed by atoms with Crippen molar-refractivity contribution in [2.24, 2.45) is 11.8 Å². The Balaban J connectivity index is 1.23. The Bertz CT molecular complexity index is 1440. The molecule has 2 aliphatic rings. The third-order valence-electron chi connectivity index (χ3n) is 10.4. The average molecular weight is 640 g/mol. The van der Waals surface area contributed by atoms with Gasteiger partial charge in [0.05, 0.1) is 6.04 Å². The highest BCUT2D eigenvalue weighted by Gasteiger charge is 2.38. The smallest absolute Gasteiger partial charge is 0.220 e. The Hall–Kier alpha value is -2.97. The van der Waals surface area contributed by atoms with Crippen LogP contribution >= 0.6 is 11.3 Å².